The summed E-state index contributed by atoms with van der Waals surface area (Å²) in [4.78, 5) is 15.7. The van der Waals surface area contributed by atoms with Crippen LogP contribution in [0.15, 0.2) is 0 Å². The lowest BCUT2D eigenvalue weighted by atomic mass is 10.1. The van der Waals surface area contributed by atoms with Gasteiger partial charge in [-0.15, -0.1) is 0 Å². The summed E-state index contributed by atoms with van der Waals surface area (Å²) in [5.41, 5.74) is 0. The van der Waals surface area contributed by atoms with Gasteiger partial charge < -0.3 is 10.0 Å². The van der Waals surface area contributed by atoms with Crippen LogP contribution in [0.25, 0.3) is 0 Å². The number of aliphatic hydroxyl groups is 1. The maximum Gasteiger partial charge on any atom is 0.239 e. The van der Waals surface area contributed by atoms with Crippen LogP contribution in [0.2, 0.25) is 0 Å². The van der Waals surface area contributed by atoms with Crippen LogP contribution in [0.1, 0.15) is 32.6 Å². The Balaban J connectivity index is 2.64. The molecule has 0 saturated heterocycles. The third-order valence-corrected chi connectivity index (χ3v) is 3.45. The minimum Gasteiger partial charge on any atom is -0.395 e. The molecule has 1 atom stereocenters. The molecule has 1 N–H and O–H groups in total. The number of hydrogen-bond acceptors (Lipinski definition) is 3. The molecule has 4 heteroatoms. The van der Waals surface area contributed by atoms with Gasteiger partial charge >= 0.3 is 0 Å². The lowest BCUT2D eigenvalue weighted by Crippen LogP contribution is -2.49. The molecule has 94 valence electrons. The van der Waals surface area contributed by atoms with Gasteiger partial charge in [0.05, 0.1) is 12.6 Å². The Morgan fingerprint density at radius 2 is 1.94 bits per heavy atom. The Bertz CT molecular complexity index is 225. The molecule has 1 rings (SSSR count). The quantitative estimate of drug-likeness (QED) is 0.753. The number of hydrogen-bond donors (Lipinski definition) is 1. The molecule has 0 aromatic heterocycles. The van der Waals surface area contributed by atoms with Crippen LogP contribution >= 0.6 is 0 Å². The highest BCUT2D eigenvalue weighted by molar-refractivity contribution is 5.81. The number of aliphatic hydroxyl groups excluding tert-OH is 1. The van der Waals surface area contributed by atoms with E-state index in [0.29, 0.717) is 12.6 Å². The SMILES string of the molecule is CC(C(=O)N(C)C)N(CCO)C1CCCC1. The Morgan fingerprint density at radius 1 is 1.38 bits per heavy atom. The minimum atomic E-state index is -0.120. The van der Waals surface area contributed by atoms with Crippen molar-refractivity contribution >= 4 is 5.91 Å². The summed E-state index contributed by atoms with van der Waals surface area (Å²) >= 11 is 0. The van der Waals surface area contributed by atoms with Gasteiger partial charge in [-0.2, -0.15) is 0 Å². The number of amides is 1. The number of carbonyl (C=O) groups is 1. The number of nitrogens with zero attached hydrogens (tertiary/aromatic N) is 2. The predicted molar refractivity (Wildman–Crippen MR) is 64.2 cm³/mol. The molecule has 1 aliphatic carbocycles. The van der Waals surface area contributed by atoms with E-state index < -0.39 is 0 Å². The Hall–Kier alpha value is -0.610. The zero-order valence-electron chi connectivity index (χ0n) is 10.6. The molecule has 1 amide bonds. The molecular formula is C12H24N2O2. The average Bonchev–Trinajstić information content (AvgIpc) is 2.76. The van der Waals surface area contributed by atoms with Crippen molar-refractivity contribution in [3.05, 3.63) is 0 Å². The van der Waals surface area contributed by atoms with Crippen LogP contribution in [-0.4, -0.2) is 60.1 Å². The lowest BCUT2D eigenvalue weighted by Gasteiger charge is -2.34. The Kier molecular flexibility index (Phi) is 5.22. The van der Waals surface area contributed by atoms with E-state index >= 15 is 0 Å². The van der Waals surface area contributed by atoms with Crippen LogP contribution in [-0.2, 0) is 4.79 Å². The standard InChI is InChI=1S/C12H24N2O2/c1-10(12(16)13(2)3)14(8-9-15)11-6-4-5-7-11/h10-11,15H,4-9H2,1-3H3. The van der Waals surface area contributed by atoms with E-state index in [1.807, 2.05) is 6.92 Å². The highest BCUT2D eigenvalue weighted by Gasteiger charge is 2.30. The second kappa shape index (κ2) is 6.21. The first-order chi connectivity index (χ1) is 7.57. The van der Waals surface area contributed by atoms with Crippen molar-refractivity contribution in [2.45, 2.75) is 44.7 Å². The van der Waals surface area contributed by atoms with Gasteiger partial charge in [0.25, 0.3) is 0 Å². The molecule has 1 unspecified atom stereocenters. The molecule has 1 saturated carbocycles. The number of carbonyl (C=O) groups excluding carboxylic acids is 1. The zero-order chi connectivity index (χ0) is 12.1. The summed E-state index contributed by atoms with van der Waals surface area (Å²) in [5.74, 6) is 0.125. The van der Waals surface area contributed by atoms with Crippen LogP contribution < -0.4 is 0 Å². The van der Waals surface area contributed by atoms with Crippen LogP contribution in [0.3, 0.4) is 0 Å². The molecule has 0 bridgehead atoms. The fraction of sp³-hybridized carbons (Fsp3) is 0.917. The molecule has 0 aromatic carbocycles. The smallest absolute Gasteiger partial charge is 0.239 e. The summed E-state index contributed by atoms with van der Waals surface area (Å²) < 4.78 is 0. The van der Waals surface area contributed by atoms with E-state index in [1.165, 1.54) is 12.8 Å². The molecule has 0 aromatic rings. The number of likely N-dealkylation sites (N-methyl/N-ethyl adjacent to an activating group) is 1. The van der Waals surface area contributed by atoms with Crippen molar-refractivity contribution in [1.82, 2.24) is 9.80 Å². The van der Waals surface area contributed by atoms with Gasteiger partial charge in [0, 0.05) is 26.7 Å². The molecule has 4 nitrogen and oxygen atoms in total. The van der Waals surface area contributed by atoms with Crippen molar-refractivity contribution < 1.29 is 9.90 Å². The fourth-order valence-corrected chi connectivity index (χ4v) is 2.56. The monoisotopic (exact) mass is 228 g/mol. The van der Waals surface area contributed by atoms with Crippen molar-refractivity contribution in [3.63, 3.8) is 0 Å². The summed E-state index contributed by atoms with van der Waals surface area (Å²) in [6, 6.07) is 0.358. The third kappa shape index (κ3) is 3.19. The maximum absolute atomic E-state index is 11.9. The minimum absolute atomic E-state index is 0.120. The van der Waals surface area contributed by atoms with Gasteiger partial charge in [-0.25, -0.2) is 0 Å². The molecule has 16 heavy (non-hydrogen) atoms. The van der Waals surface area contributed by atoms with E-state index in [-0.39, 0.29) is 18.6 Å². The summed E-state index contributed by atoms with van der Waals surface area (Å²) in [6.45, 7) is 2.67. The van der Waals surface area contributed by atoms with Gasteiger partial charge in [-0.3, -0.25) is 9.69 Å². The summed E-state index contributed by atoms with van der Waals surface area (Å²) in [5, 5.41) is 9.10. The molecular weight excluding hydrogens is 204 g/mol. The first-order valence-corrected chi connectivity index (χ1v) is 6.15. The average molecular weight is 228 g/mol. The highest BCUT2D eigenvalue weighted by atomic mass is 16.3. The summed E-state index contributed by atoms with van der Waals surface area (Å²) in [7, 11) is 3.56. The van der Waals surface area contributed by atoms with E-state index in [1.54, 1.807) is 19.0 Å². The summed E-state index contributed by atoms with van der Waals surface area (Å²) in [6.07, 6.45) is 4.81. The van der Waals surface area contributed by atoms with Crippen molar-refractivity contribution in [1.29, 1.82) is 0 Å². The van der Waals surface area contributed by atoms with Crippen LogP contribution in [0, 0.1) is 0 Å². The van der Waals surface area contributed by atoms with Crippen molar-refractivity contribution in [2.24, 2.45) is 0 Å². The van der Waals surface area contributed by atoms with Gasteiger partial charge in [-0.1, -0.05) is 12.8 Å². The fourth-order valence-electron chi connectivity index (χ4n) is 2.56. The molecule has 0 aliphatic heterocycles. The highest BCUT2D eigenvalue weighted by Crippen LogP contribution is 2.25. The second-order valence-electron chi connectivity index (χ2n) is 4.81. The van der Waals surface area contributed by atoms with E-state index in [9.17, 15) is 4.79 Å². The normalized spacial score (nSPS) is 19.1. The first kappa shape index (κ1) is 13.5. The zero-order valence-corrected chi connectivity index (χ0v) is 10.6. The van der Waals surface area contributed by atoms with Crippen LogP contribution in [0.5, 0.6) is 0 Å². The Morgan fingerprint density at radius 3 is 2.38 bits per heavy atom. The van der Waals surface area contributed by atoms with E-state index in [0.717, 1.165) is 12.8 Å². The van der Waals surface area contributed by atoms with Gasteiger partial charge in [0.2, 0.25) is 5.91 Å². The molecule has 0 radical (unpaired) electrons. The number of rotatable bonds is 5. The topological polar surface area (TPSA) is 43.8 Å². The van der Waals surface area contributed by atoms with Crippen molar-refractivity contribution in [2.75, 3.05) is 27.2 Å². The lowest BCUT2D eigenvalue weighted by molar-refractivity contribution is -0.135. The molecule has 0 spiro atoms. The van der Waals surface area contributed by atoms with E-state index in [2.05, 4.69) is 4.90 Å². The third-order valence-electron chi connectivity index (χ3n) is 3.45. The van der Waals surface area contributed by atoms with Gasteiger partial charge in [-0.05, 0) is 19.8 Å². The predicted octanol–water partition coefficient (Wildman–Crippen LogP) is 0.700. The maximum atomic E-state index is 11.9. The largest absolute Gasteiger partial charge is 0.395 e. The van der Waals surface area contributed by atoms with Gasteiger partial charge in [0.1, 0.15) is 0 Å². The molecule has 0 heterocycles. The molecule has 1 aliphatic rings. The second-order valence-corrected chi connectivity index (χ2v) is 4.81. The van der Waals surface area contributed by atoms with Crippen molar-refractivity contribution in [3.8, 4) is 0 Å². The van der Waals surface area contributed by atoms with Gasteiger partial charge in [0.15, 0.2) is 0 Å². The van der Waals surface area contributed by atoms with E-state index in [4.69, 9.17) is 5.11 Å². The Labute approximate surface area is 98.2 Å². The molecule has 1 fully saturated rings. The first-order valence-electron chi connectivity index (χ1n) is 6.15. The van der Waals surface area contributed by atoms with Crippen LogP contribution in [0.4, 0.5) is 0 Å².